The summed E-state index contributed by atoms with van der Waals surface area (Å²) in [5.41, 5.74) is 12.4. The molecule has 1 atom stereocenters. The minimum atomic E-state index is 0.140. The number of Topliss-reactive ketones (excluding diaryl/α,β-unsaturated/α-hetero) is 1. The molecule has 0 radical (unpaired) electrons. The lowest BCUT2D eigenvalue weighted by Gasteiger charge is -2.25. The molecule has 1 saturated heterocycles. The van der Waals surface area contributed by atoms with Crippen LogP contribution in [0.15, 0.2) is 42.5 Å². The van der Waals surface area contributed by atoms with E-state index >= 15 is 0 Å². The summed E-state index contributed by atoms with van der Waals surface area (Å²) in [4.78, 5) is 20.0. The van der Waals surface area contributed by atoms with Gasteiger partial charge in [-0.3, -0.25) is 9.69 Å². The number of carbonyl (C=O) groups is 1. The van der Waals surface area contributed by atoms with E-state index in [1.54, 1.807) is 0 Å². The first-order valence-corrected chi connectivity index (χ1v) is 12.8. The summed E-state index contributed by atoms with van der Waals surface area (Å²) in [5, 5.41) is 0.993. The third kappa shape index (κ3) is 5.10. The van der Waals surface area contributed by atoms with Crippen molar-refractivity contribution in [2.75, 3.05) is 25.4 Å². The third-order valence-electron chi connectivity index (χ3n) is 7.16. The Balaban J connectivity index is 1.42. The number of rotatable bonds is 8. The molecule has 2 N–H and O–H groups in total. The van der Waals surface area contributed by atoms with Crippen molar-refractivity contribution in [1.29, 1.82) is 0 Å². The summed E-state index contributed by atoms with van der Waals surface area (Å²) in [6, 6.07) is 15.0. The van der Waals surface area contributed by atoms with Gasteiger partial charge in [0.15, 0.2) is 0 Å². The quantitative estimate of drug-likeness (QED) is 0.361. The van der Waals surface area contributed by atoms with Gasteiger partial charge in [0.05, 0.1) is 23.5 Å². The number of nitrogens with zero attached hydrogens (tertiary/aromatic N) is 2. The van der Waals surface area contributed by atoms with Gasteiger partial charge in [-0.25, -0.2) is 4.98 Å². The highest BCUT2D eigenvalue weighted by molar-refractivity contribution is 5.93. The van der Waals surface area contributed by atoms with Crippen molar-refractivity contribution in [2.24, 2.45) is 0 Å². The molecule has 1 unspecified atom stereocenters. The van der Waals surface area contributed by atoms with Crippen LogP contribution in [0.2, 0.25) is 0 Å². The zero-order valence-electron chi connectivity index (χ0n) is 20.2. The van der Waals surface area contributed by atoms with E-state index in [0.717, 1.165) is 48.2 Å². The standard InChI is InChI=1S/C29H35N3O2/c1-2-3-11-34-25-15-23-16-26-22(14-24(33)17-28(26)31-29(23)27(30)18-25)13-20-7-6-8-21(12-20)19-32-9-4-5-10-32/h6-8,12,15-16,18,22H,2-5,9-11,13-14,17,19,30H2,1H3. The summed E-state index contributed by atoms with van der Waals surface area (Å²) < 4.78 is 5.92. The van der Waals surface area contributed by atoms with Crippen LogP contribution in [0.5, 0.6) is 5.75 Å². The van der Waals surface area contributed by atoms with Crippen LogP contribution in [0.1, 0.15) is 67.3 Å². The molecular formula is C29H35N3O2. The van der Waals surface area contributed by atoms with E-state index < -0.39 is 0 Å². The number of nitrogens with two attached hydrogens (primary N) is 1. The lowest BCUT2D eigenvalue weighted by atomic mass is 9.80. The predicted molar refractivity (Wildman–Crippen MR) is 137 cm³/mol. The van der Waals surface area contributed by atoms with Crippen molar-refractivity contribution in [2.45, 2.75) is 64.3 Å². The van der Waals surface area contributed by atoms with Gasteiger partial charge in [0, 0.05) is 30.8 Å². The number of unbranched alkanes of at least 4 members (excludes halogenated alkanes) is 1. The van der Waals surface area contributed by atoms with E-state index in [0.29, 0.717) is 25.1 Å². The Bertz CT molecular complexity index is 1180. The van der Waals surface area contributed by atoms with Gasteiger partial charge in [0.2, 0.25) is 0 Å². The minimum absolute atomic E-state index is 0.140. The van der Waals surface area contributed by atoms with Gasteiger partial charge >= 0.3 is 0 Å². The number of ether oxygens (including phenoxy) is 1. The van der Waals surface area contributed by atoms with Crippen LogP contribution in [-0.2, 0) is 24.2 Å². The fourth-order valence-corrected chi connectivity index (χ4v) is 5.42. The second-order valence-electron chi connectivity index (χ2n) is 9.93. The highest BCUT2D eigenvalue weighted by Gasteiger charge is 2.28. The molecular weight excluding hydrogens is 422 g/mol. The van der Waals surface area contributed by atoms with Crippen molar-refractivity contribution in [3.63, 3.8) is 0 Å². The molecule has 2 heterocycles. The molecule has 0 amide bonds. The van der Waals surface area contributed by atoms with Gasteiger partial charge in [-0.1, -0.05) is 37.6 Å². The van der Waals surface area contributed by atoms with Crippen LogP contribution in [0.25, 0.3) is 10.9 Å². The topological polar surface area (TPSA) is 68.5 Å². The van der Waals surface area contributed by atoms with Crippen molar-refractivity contribution in [3.8, 4) is 5.75 Å². The van der Waals surface area contributed by atoms with E-state index in [4.69, 9.17) is 15.5 Å². The first kappa shape index (κ1) is 22.9. The van der Waals surface area contributed by atoms with Crippen LogP contribution in [-0.4, -0.2) is 35.4 Å². The SMILES string of the molecule is CCCCOc1cc(N)c2nc3c(cc2c1)C(Cc1cccc(CN2CCCC2)c1)CC(=O)C3. The van der Waals surface area contributed by atoms with Crippen molar-refractivity contribution in [3.05, 3.63) is 64.8 Å². The maximum Gasteiger partial charge on any atom is 0.139 e. The lowest BCUT2D eigenvalue weighted by Crippen LogP contribution is -2.21. The van der Waals surface area contributed by atoms with E-state index in [1.165, 1.54) is 42.6 Å². The second kappa shape index (κ2) is 10.1. The third-order valence-corrected chi connectivity index (χ3v) is 7.16. The van der Waals surface area contributed by atoms with Crippen molar-refractivity contribution in [1.82, 2.24) is 9.88 Å². The molecule has 178 valence electrons. The number of hydrogen-bond acceptors (Lipinski definition) is 5. The summed E-state index contributed by atoms with van der Waals surface area (Å²) in [6.07, 6.45) is 6.52. The first-order valence-electron chi connectivity index (χ1n) is 12.8. The Kier molecular flexibility index (Phi) is 6.82. The van der Waals surface area contributed by atoms with E-state index in [2.05, 4.69) is 42.2 Å². The molecule has 5 nitrogen and oxygen atoms in total. The highest BCUT2D eigenvalue weighted by atomic mass is 16.5. The summed E-state index contributed by atoms with van der Waals surface area (Å²) in [6.45, 7) is 6.24. The van der Waals surface area contributed by atoms with Crippen LogP contribution in [0.3, 0.4) is 0 Å². The molecule has 0 bridgehead atoms. The van der Waals surface area contributed by atoms with Gasteiger partial charge in [-0.15, -0.1) is 0 Å². The molecule has 5 heteroatoms. The van der Waals surface area contributed by atoms with Crippen molar-refractivity contribution >= 4 is 22.4 Å². The van der Waals surface area contributed by atoms with Crippen LogP contribution in [0, 0.1) is 0 Å². The summed E-state index contributed by atoms with van der Waals surface area (Å²) in [7, 11) is 0. The number of ketones is 1. The van der Waals surface area contributed by atoms with Gasteiger partial charge < -0.3 is 10.5 Å². The van der Waals surface area contributed by atoms with Gasteiger partial charge in [0.1, 0.15) is 11.5 Å². The molecule has 0 saturated carbocycles. The Labute approximate surface area is 202 Å². The maximum absolute atomic E-state index is 12.6. The average molecular weight is 458 g/mol. The van der Waals surface area contributed by atoms with Gasteiger partial charge in [0.25, 0.3) is 0 Å². The largest absolute Gasteiger partial charge is 0.493 e. The Morgan fingerprint density at radius 3 is 2.76 bits per heavy atom. The van der Waals surface area contributed by atoms with E-state index in [9.17, 15) is 4.79 Å². The molecule has 34 heavy (non-hydrogen) atoms. The highest BCUT2D eigenvalue weighted by Crippen LogP contribution is 2.36. The van der Waals surface area contributed by atoms with Crippen LogP contribution in [0.4, 0.5) is 5.69 Å². The monoisotopic (exact) mass is 457 g/mol. The number of aromatic nitrogens is 1. The molecule has 1 aliphatic carbocycles. The molecule has 1 aliphatic heterocycles. The number of benzene rings is 2. The van der Waals surface area contributed by atoms with E-state index in [1.807, 2.05) is 12.1 Å². The fraction of sp³-hybridized carbons (Fsp3) is 0.448. The summed E-state index contributed by atoms with van der Waals surface area (Å²) >= 11 is 0. The van der Waals surface area contributed by atoms with Gasteiger partial charge in [-0.2, -0.15) is 0 Å². The minimum Gasteiger partial charge on any atom is -0.493 e. The smallest absolute Gasteiger partial charge is 0.139 e. The molecule has 1 fully saturated rings. The number of fused-ring (bicyclic) bond motifs is 2. The summed E-state index contributed by atoms with van der Waals surface area (Å²) in [5.74, 6) is 1.19. The number of likely N-dealkylation sites (tertiary alicyclic amines) is 1. The fourth-order valence-electron chi connectivity index (χ4n) is 5.42. The number of nitrogen functional groups attached to an aromatic ring is 1. The Morgan fingerprint density at radius 1 is 1.12 bits per heavy atom. The first-order chi connectivity index (χ1) is 16.6. The second-order valence-corrected chi connectivity index (χ2v) is 9.93. The molecule has 2 aliphatic rings. The molecule has 1 aromatic heterocycles. The maximum atomic E-state index is 12.6. The van der Waals surface area contributed by atoms with E-state index in [-0.39, 0.29) is 11.7 Å². The number of hydrogen-bond donors (Lipinski definition) is 1. The molecule has 2 aromatic carbocycles. The normalized spacial score (nSPS) is 18.4. The molecule has 0 spiro atoms. The lowest BCUT2D eigenvalue weighted by molar-refractivity contribution is -0.119. The zero-order valence-corrected chi connectivity index (χ0v) is 20.2. The van der Waals surface area contributed by atoms with Gasteiger partial charge in [-0.05, 0) is 73.5 Å². The number of pyridine rings is 1. The number of anilines is 1. The molecule has 3 aromatic rings. The average Bonchev–Trinajstić information content (AvgIpc) is 3.32. The van der Waals surface area contributed by atoms with Crippen LogP contribution >= 0.6 is 0 Å². The number of carbonyl (C=O) groups excluding carboxylic acids is 1. The van der Waals surface area contributed by atoms with Crippen LogP contribution < -0.4 is 10.5 Å². The zero-order chi connectivity index (χ0) is 23.5. The predicted octanol–water partition coefficient (Wildman–Crippen LogP) is 5.43. The Hall–Kier alpha value is -2.92. The van der Waals surface area contributed by atoms with Crippen molar-refractivity contribution < 1.29 is 9.53 Å². The molecule has 5 rings (SSSR count). The Morgan fingerprint density at radius 2 is 1.94 bits per heavy atom.